The van der Waals surface area contributed by atoms with Gasteiger partial charge in [0.15, 0.2) is 6.39 Å². The van der Waals surface area contributed by atoms with Crippen LogP contribution in [0.4, 0.5) is 8.78 Å². The molecule has 0 unspecified atom stereocenters. The Bertz CT molecular complexity index is 1440. The Balaban J connectivity index is 1.48. The zero-order valence-electron chi connectivity index (χ0n) is 21.7. The van der Waals surface area contributed by atoms with Crippen molar-refractivity contribution >= 4 is 10.0 Å². The van der Waals surface area contributed by atoms with Crippen molar-refractivity contribution in [2.75, 3.05) is 20.3 Å². The van der Waals surface area contributed by atoms with E-state index in [0.717, 1.165) is 10.4 Å². The summed E-state index contributed by atoms with van der Waals surface area (Å²) in [4.78, 5) is 6.11. The van der Waals surface area contributed by atoms with Crippen LogP contribution < -0.4 is 0 Å². The SMILES string of the molecule is C#C[C@H]1CC[C@H](c2ccccc2)S(=O)(=O)N1Cc1cc(F)c(C2(N(C)Cc3cocn3)CCOCC2)cc1F. The summed E-state index contributed by atoms with van der Waals surface area (Å²) in [7, 11) is -2.09. The first-order valence-electron chi connectivity index (χ1n) is 12.9. The van der Waals surface area contributed by atoms with Crippen LogP contribution in [-0.4, -0.2) is 48.9 Å². The molecule has 0 radical (unpaired) electrons. The van der Waals surface area contributed by atoms with Crippen molar-refractivity contribution in [2.45, 2.75) is 55.6 Å². The summed E-state index contributed by atoms with van der Waals surface area (Å²) in [5.41, 5.74) is 0.629. The molecule has 3 aromatic rings. The number of benzene rings is 2. The summed E-state index contributed by atoms with van der Waals surface area (Å²) >= 11 is 0. The smallest absolute Gasteiger partial charge is 0.222 e. The van der Waals surface area contributed by atoms with Crippen LogP contribution in [0, 0.1) is 24.0 Å². The minimum absolute atomic E-state index is 0.0600. The van der Waals surface area contributed by atoms with Gasteiger partial charge in [-0.25, -0.2) is 22.2 Å². The molecule has 7 nitrogen and oxygen atoms in total. The second-order valence-electron chi connectivity index (χ2n) is 10.2. The first-order valence-corrected chi connectivity index (χ1v) is 14.4. The van der Waals surface area contributed by atoms with E-state index in [4.69, 9.17) is 15.6 Å². The predicted molar refractivity (Wildman–Crippen MR) is 142 cm³/mol. The van der Waals surface area contributed by atoms with E-state index in [2.05, 4.69) is 10.9 Å². The molecule has 0 aliphatic carbocycles. The number of rotatable bonds is 7. The van der Waals surface area contributed by atoms with Crippen LogP contribution in [0.1, 0.15) is 53.3 Å². The Labute approximate surface area is 227 Å². The topological polar surface area (TPSA) is 75.9 Å². The van der Waals surface area contributed by atoms with Crippen molar-refractivity contribution in [2.24, 2.45) is 0 Å². The Morgan fingerprint density at radius 3 is 2.56 bits per heavy atom. The first-order chi connectivity index (χ1) is 18.8. The number of nitrogens with zero attached hydrogens (tertiary/aromatic N) is 3. The predicted octanol–water partition coefficient (Wildman–Crippen LogP) is 4.76. The highest BCUT2D eigenvalue weighted by atomic mass is 32.2. The minimum atomic E-state index is -3.93. The molecule has 1 aromatic heterocycles. The first kappa shape index (κ1) is 27.5. The molecule has 0 spiro atoms. The summed E-state index contributed by atoms with van der Waals surface area (Å²) in [6, 6.07) is 10.5. The van der Waals surface area contributed by atoms with Crippen molar-refractivity contribution in [1.29, 1.82) is 0 Å². The molecule has 5 rings (SSSR count). The van der Waals surface area contributed by atoms with Gasteiger partial charge in [0.1, 0.15) is 23.1 Å². The third kappa shape index (κ3) is 5.24. The molecule has 2 aliphatic heterocycles. The van der Waals surface area contributed by atoms with Gasteiger partial charge in [-0.05, 0) is 50.4 Å². The van der Waals surface area contributed by atoms with Crippen LogP contribution >= 0.6 is 0 Å². The lowest BCUT2D eigenvalue weighted by Gasteiger charge is -2.45. The molecular formula is C29H31F2N3O4S. The lowest BCUT2D eigenvalue weighted by Crippen LogP contribution is -2.48. The molecule has 206 valence electrons. The molecule has 0 bridgehead atoms. The fourth-order valence-electron chi connectivity index (χ4n) is 5.83. The molecule has 2 atom stereocenters. The van der Waals surface area contributed by atoms with E-state index >= 15 is 8.78 Å². The van der Waals surface area contributed by atoms with Gasteiger partial charge in [-0.1, -0.05) is 36.3 Å². The normalized spacial score (nSPS) is 22.9. The average molecular weight is 556 g/mol. The third-order valence-electron chi connectivity index (χ3n) is 8.00. The molecule has 3 heterocycles. The third-order valence-corrected chi connectivity index (χ3v) is 10.3. The molecule has 2 saturated heterocycles. The van der Waals surface area contributed by atoms with Gasteiger partial charge in [0.2, 0.25) is 10.0 Å². The summed E-state index contributed by atoms with van der Waals surface area (Å²) in [5, 5.41) is -0.800. The van der Waals surface area contributed by atoms with E-state index in [9.17, 15) is 8.42 Å². The fraction of sp³-hybridized carbons (Fsp3) is 0.414. The van der Waals surface area contributed by atoms with Crippen molar-refractivity contribution in [3.05, 3.63) is 89.1 Å². The van der Waals surface area contributed by atoms with Crippen molar-refractivity contribution in [3.63, 3.8) is 0 Å². The maximum atomic E-state index is 15.9. The number of ether oxygens (including phenoxy) is 1. The number of hydrogen-bond acceptors (Lipinski definition) is 6. The van der Waals surface area contributed by atoms with E-state index in [-0.39, 0.29) is 17.7 Å². The van der Waals surface area contributed by atoms with E-state index in [1.165, 1.54) is 18.7 Å². The lowest BCUT2D eigenvalue weighted by molar-refractivity contribution is -0.0271. The second-order valence-corrected chi connectivity index (χ2v) is 12.2. The maximum Gasteiger partial charge on any atom is 0.222 e. The van der Waals surface area contributed by atoms with E-state index in [1.54, 1.807) is 24.3 Å². The minimum Gasteiger partial charge on any atom is -0.451 e. The van der Waals surface area contributed by atoms with Gasteiger partial charge in [0, 0.05) is 37.4 Å². The summed E-state index contributed by atoms with van der Waals surface area (Å²) in [6.45, 7) is 0.802. The summed E-state index contributed by atoms with van der Waals surface area (Å²) in [5.74, 6) is 1.25. The van der Waals surface area contributed by atoms with Gasteiger partial charge in [-0.15, -0.1) is 6.42 Å². The van der Waals surface area contributed by atoms with E-state index in [1.807, 2.05) is 18.0 Å². The van der Waals surface area contributed by atoms with Crippen LogP contribution in [0.15, 0.2) is 59.5 Å². The zero-order chi connectivity index (χ0) is 27.6. The molecular weight excluding hydrogens is 524 g/mol. The molecule has 39 heavy (non-hydrogen) atoms. The number of sulfonamides is 1. The maximum absolute atomic E-state index is 15.9. The summed E-state index contributed by atoms with van der Waals surface area (Å²) < 4.78 is 70.7. The van der Waals surface area contributed by atoms with Crippen LogP contribution in [0.2, 0.25) is 0 Å². The van der Waals surface area contributed by atoms with Crippen LogP contribution in [-0.2, 0) is 33.4 Å². The molecule has 2 aliphatic rings. The van der Waals surface area contributed by atoms with Crippen LogP contribution in [0.5, 0.6) is 0 Å². The van der Waals surface area contributed by atoms with Gasteiger partial charge in [0.25, 0.3) is 0 Å². The molecule has 2 fully saturated rings. The number of halogens is 2. The monoisotopic (exact) mass is 555 g/mol. The lowest BCUT2D eigenvalue weighted by atomic mass is 9.80. The average Bonchev–Trinajstić information content (AvgIpc) is 3.45. The second kappa shape index (κ2) is 11.2. The number of terminal acetylenes is 1. The highest BCUT2D eigenvalue weighted by Gasteiger charge is 2.44. The van der Waals surface area contributed by atoms with Gasteiger partial charge in [0.05, 0.1) is 17.3 Å². The Hall–Kier alpha value is -3.10. The fourth-order valence-corrected chi connectivity index (χ4v) is 7.93. The van der Waals surface area contributed by atoms with E-state index < -0.39 is 38.5 Å². The number of oxazole rings is 1. The van der Waals surface area contributed by atoms with Crippen molar-refractivity contribution < 1.29 is 26.4 Å². The van der Waals surface area contributed by atoms with Crippen LogP contribution in [0.3, 0.4) is 0 Å². The van der Waals surface area contributed by atoms with Gasteiger partial charge in [-0.2, -0.15) is 4.31 Å². The quantitative estimate of drug-likeness (QED) is 0.392. The van der Waals surface area contributed by atoms with E-state index in [0.29, 0.717) is 56.7 Å². The molecule has 10 heteroatoms. The van der Waals surface area contributed by atoms with Gasteiger partial charge in [-0.3, -0.25) is 4.90 Å². The Morgan fingerprint density at radius 2 is 1.90 bits per heavy atom. The molecule has 2 aromatic carbocycles. The highest BCUT2D eigenvalue weighted by Crippen LogP contribution is 2.42. The standard InChI is InChI=1S/C29H31F2N3O4S/c1-3-24-9-10-28(21-7-5-4-6-8-21)39(35,36)34(24)17-22-15-27(31)25(16-26(22)30)29(11-13-37-14-12-29)33(2)18-23-19-38-20-32-23/h1,4-8,15-16,19-20,24,28H,9-14,17-18H2,2H3/t24-,28+/m0/s1. The highest BCUT2D eigenvalue weighted by molar-refractivity contribution is 7.89. The van der Waals surface area contributed by atoms with Gasteiger partial charge < -0.3 is 9.15 Å². The van der Waals surface area contributed by atoms with Crippen LogP contribution in [0.25, 0.3) is 0 Å². The Morgan fingerprint density at radius 1 is 1.15 bits per heavy atom. The molecule has 0 saturated carbocycles. The molecule has 0 amide bonds. The largest absolute Gasteiger partial charge is 0.451 e. The summed E-state index contributed by atoms with van der Waals surface area (Å²) in [6.07, 6.45) is 10.2. The van der Waals surface area contributed by atoms with Crippen molar-refractivity contribution in [1.82, 2.24) is 14.2 Å². The van der Waals surface area contributed by atoms with Gasteiger partial charge >= 0.3 is 0 Å². The van der Waals surface area contributed by atoms with Crippen molar-refractivity contribution in [3.8, 4) is 12.3 Å². The molecule has 0 N–H and O–H groups in total. The zero-order valence-corrected chi connectivity index (χ0v) is 22.5. The number of hydrogen-bond donors (Lipinski definition) is 0. The Kier molecular flexibility index (Phi) is 7.87. The number of aromatic nitrogens is 1.